The van der Waals surface area contributed by atoms with E-state index in [0.717, 1.165) is 27.8 Å². The van der Waals surface area contributed by atoms with Crippen LogP contribution in [0.2, 0.25) is 0 Å². The van der Waals surface area contributed by atoms with E-state index in [1.54, 1.807) is 92.0 Å². The van der Waals surface area contributed by atoms with Crippen LogP contribution in [-0.2, 0) is 16.1 Å². The molecule has 0 radical (unpaired) electrons. The number of amides is 2. The van der Waals surface area contributed by atoms with Gasteiger partial charge in [0.1, 0.15) is 5.75 Å². The summed E-state index contributed by atoms with van der Waals surface area (Å²) in [5, 5.41) is 47.3. The highest BCUT2D eigenvalue weighted by Gasteiger charge is 2.23. The number of hydrogen-bond donors (Lipinski definition) is 2. The van der Waals surface area contributed by atoms with E-state index in [2.05, 4.69) is 22.3 Å². The minimum atomic E-state index is -0.245. The lowest BCUT2D eigenvalue weighted by Crippen LogP contribution is -2.41. The van der Waals surface area contributed by atoms with Crippen molar-refractivity contribution in [3.63, 3.8) is 0 Å². The van der Waals surface area contributed by atoms with E-state index in [4.69, 9.17) is 30.0 Å². The number of benzene rings is 4. The molecular formula is C49H40N10O6. The zero-order chi connectivity index (χ0) is 44.9. The largest absolute Gasteiger partial charge is 0.507 e. The summed E-state index contributed by atoms with van der Waals surface area (Å²) in [4.78, 5) is 38.6. The molecule has 10 rings (SSSR count). The van der Waals surface area contributed by atoms with Crippen LogP contribution in [-0.4, -0.2) is 114 Å². The molecule has 4 aromatic heterocycles. The second-order valence-corrected chi connectivity index (χ2v) is 15.2. The molecular weight excluding hydrogens is 825 g/mol. The van der Waals surface area contributed by atoms with Gasteiger partial charge in [-0.2, -0.15) is 20.7 Å². The Morgan fingerprint density at radius 3 is 1.46 bits per heavy atom. The van der Waals surface area contributed by atoms with Crippen molar-refractivity contribution >= 4 is 23.1 Å². The Hall–Kier alpha value is -8.28. The molecule has 8 aromatic rings. The molecule has 0 saturated carbocycles. The maximum atomic E-state index is 12.9. The van der Waals surface area contributed by atoms with Crippen molar-refractivity contribution in [1.29, 1.82) is 10.5 Å². The van der Waals surface area contributed by atoms with E-state index >= 15 is 0 Å². The fourth-order valence-corrected chi connectivity index (χ4v) is 7.75. The Labute approximate surface area is 372 Å². The Balaban J connectivity index is 0.000000164. The van der Waals surface area contributed by atoms with Gasteiger partial charge in [-0.15, -0.1) is 0 Å². The number of fused-ring (bicyclic) bond motifs is 2. The van der Waals surface area contributed by atoms with Crippen molar-refractivity contribution in [3.8, 4) is 62.7 Å². The number of phenolic OH excluding ortho intramolecular Hbond substituents is 1. The van der Waals surface area contributed by atoms with Crippen molar-refractivity contribution < 1.29 is 29.3 Å². The van der Waals surface area contributed by atoms with Crippen LogP contribution >= 0.6 is 0 Å². The molecule has 2 N–H and O–H groups in total. The fraction of sp³-hybridized carbons (Fsp3) is 0.184. The van der Waals surface area contributed by atoms with Crippen molar-refractivity contribution in [2.45, 2.75) is 6.61 Å². The van der Waals surface area contributed by atoms with Gasteiger partial charge in [0.25, 0.3) is 11.8 Å². The number of rotatable bonds is 7. The first kappa shape index (κ1) is 42.0. The number of aromatic nitrogens is 6. The first-order valence-electron chi connectivity index (χ1n) is 20.8. The third kappa shape index (κ3) is 8.73. The number of hydrogen-bond acceptors (Lipinski definition) is 12. The summed E-state index contributed by atoms with van der Waals surface area (Å²) in [6.07, 6.45) is 7.11. The number of nitriles is 2. The molecule has 6 heterocycles. The van der Waals surface area contributed by atoms with E-state index in [9.17, 15) is 19.8 Å². The van der Waals surface area contributed by atoms with Crippen LogP contribution in [0.1, 0.15) is 37.4 Å². The molecule has 322 valence electrons. The van der Waals surface area contributed by atoms with Crippen molar-refractivity contribution in [2.24, 2.45) is 0 Å². The van der Waals surface area contributed by atoms with E-state index in [-0.39, 0.29) is 29.7 Å². The molecule has 0 unspecified atom stereocenters. The van der Waals surface area contributed by atoms with Gasteiger partial charge in [0, 0.05) is 66.4 Å². The number of aliphatic hydroxyl groups is 1. The van der Waals surface area contributed by atoms with Crippen LogP contribution in [0.15, 0.2) is 122 Å². The quantitative estimate of drug-likeness (QED) is 0.189. The number of aromatic hydroxyl groups is 1. The Morgan fingerprint density at radius 2 is 1.02 bits per heavy atom. The zero-order valence-corrected chi connectivity index (χ0v) is 34.9. The molecule has 16 heteroatoms. The van der Waals surface area contributed by atoms with Crippen LogP contribution in [0, 0.1) is 22.7 Å². The normalized spacial score (nSPS) is 13.8. The van der Waals surface area contributed by atoms with Crippen LogP contribution in [0.5, 0.6) is 5.75 Å². The number of carbonyl (C=O) groups excluding carboxylic acids is 2. The average molecular weight is 865 g/mol. The topological polar surface area (TPSA) is 208 Å². The smallest absolute Gasteiger partial charge is 0.257 e. The summed E-state index contributed by atoms with van der Waals surface area (Å²) in [5.74, 6) is -0.391. The summed E-state index contributed by atoms with van der Waals surface area (Å²) in [7, 11) is 0. The van der Waals surface area contributed by atoms with Gasteiger partial charge in [-0.05, 0) is 77.4 Å². The Kier molecular flexibility index (Phi) is 12.0. The molecule has 2 amide bonds. The maximum absolute atomic E-state index is 12.9. The number of carbonyl (C=O) groups is 2. The van der Waals surface area contributed by atoms with Crippen LogP contribution in [0.25, 0.3) is 56.1 Å². The van der Waals surface area contributed by atoms with Crippen LogP contribution in [0.3, 0.4) is 0 Å². The summed E-state index contributed by atoms with van der Waals surface area (Å²) >= 11 is 0. The van der Waals surface area contributed by atoms with Crippen molar-refractivity contribution in [3.05, 3.63) is 150 Å². The molecule has 2 aliphatic heterocycles. The SMILES string of the molecule is N#Cc1ccc(-c2cnn3ccc(-c4ccc(C(=O)N5CCOCC5)c(CO)c4)nc23)cc1.N#Cc1ccc(-c2cnn3ccc(-c4ccc(C(=O)N5CCOCC5)c(O)c4)nc23)cc1. The molecule has 65 heavy (non-hydrogen) atoms. The highest BCUT2D eigenvalue weighted by Crippen LogP contribution is 2.31. The Morgan fingerprint density at radius 1 is 0.585 bits per heavy atom. The van der Waals surface area contributed by atoms with Gasteiger partial charge < -0.3 is 29.5 Å². The number of morpholine rings is 2. The first-order chi connectivity index (χ1) is 31.8. The van der Waals surface area contributed by atoms with Gasteiger partial charge in [0.15, 0.2) is 11.3 Å². The summed E-state index contributed by atoms with van der Waals surface area (Å²) in [5.41, 5.74) is 10.2. The molecule has 0 bridgehead atoms. The molecule has 16 nitrogen and oxygen atoms in total. The maximum Gasteiger partial charge on any atom is 0.257 e. The molecule has 2 saturated heterocycles. The summed E-state index contributed by atoms with van der Waals surface area (Å²) in [6, 6.07) is 32.8. The predicted molar refractivity (Wildman–Crippen MR) is 238 cm³/mol. The molecule has 4 aromatic carbocycles. The van der Waals surface area contributed by atoms with E-state index in [0.29, 0.717) is 103 Å². The molecule has 0 spiro atoms. The van der Waals surface area contributed by atoms with Gasteiger partial charge in [0.05, 0.1) is 85.6 Å². The zero-order valence-electron chi connectivity index (χ0n) is 34.9. The third-order valence-corrected chi connectivity index (χ3v) is 11.3. The number of phenols is 1. The fourth-order valence-electron chi connectivity index (χ4n) is 7.75. The molecule has 2 fully saturated rings. The van der Waals surface area contributed by atoms with Crippen LogP contribution in [0.4, 0.5) is 0 Å². The number of aliphatic hydroxyl groups excluding tert-OH is 1. The highest BCUT2D eigenvalue weighted by molar-refractivity contribution is 5.98. The minimum Gasteiger partial charge on any atom is -0.507 e. The second kappa shape index (κ2) is 18.6. The van der Waals surface area contributed by atoms with E-state index in [1.165, 1.54) is 0 Å². The summed E-state index contributed by atoms with van der Waals surface area (Å²) in [6.45, 7) is 3.92. The minimum absolute atomic E-state index is 0.0820. The lowest BCUT2D eigenvalue weighted by molar-refractivity contribution is 0.0299. The average Bonchev–Trinajstić information content (AvgIpc) is 4.01. The second-order valence-electron chi connectivity index (χ2n) is 15.2. The monoisotopic (exact) mass is 864 g/mol. The third-order valence-electron chi connectivity index (χ3n) is 11.3. The van der Waals surface area contributed by atoms with Crippen LogP contribution < -0.4 is 0 Å². The van der Waals surface area contributed by atoms with E-state index < -0.39 is 0 Å². The van der Waals surface area contributed by atoms with Crippen molar-refractivity contribution in [2.75, 3.05) is 52.6 Å². The number of nitrogens with zero attached hydrogens (tertiary/aromatic N) is 10. The molecule has 2 aliphatic rings. The highest BCUT2D eigenvalue weighted by atomic mass is 16.5. The van der Waals surface area contributed by atoms with Gasteiger partial charge in [-0.3, -0.25) is 9.59 Å². The standard InChI is InChI=1S/C25H21N5O3.C24H19N5O3/c26-14-17-1-3-18(4-2-17)22-15-27-30-8-7-23(28-24(22)30)19-5-6-21(20(13-19)16-31)25(32)29-9-11-33-12-10-29;25-14-16-1-3-17(4-2-16)20-15-26-29-8-7-21(27-23(20)29)18-5-6-19(22(30)13-18)24(31)28-9-11-32-12-10-28/h1-8,13,15,31H,9-12,16H2;1-8,13,15,30H,9-12H2. The van der Waals surface area contributed by atoms with Crippen molar-refractivity contribution in [1.82, 2.24) is 39.0 Å². The summed E-state index contributed by atoms with van der Waals surface area (Å²) < 4.78 is 14.0. The molecule has 0 atom stereocenters. The first-order valence-corrected chi connectivity index (χ1v) is 20.8. The van der Waals surface area contributed by atoms with Gasteiger partial charge >= 0.3 is 0 Å². The Bertz CT molecular complexity index is 3140. The molecule has 0 aliphatic carbocycles. The predicted octanol–water partition coefficient (Wildman–Crippen LogP) is 6.01. The lowest BCUT2D eigenvalue weighted by atomic mass is 10.0. The number of ether oxygens (including phenoxy) is 2. The van der Waals surface area contributed by atoms with Gasteiger partial charge in [-0.25, -0.2) is 19.0 Å². The lowest BCUT2D eigenvalue weighted by Gasteiger charge is -2.27. The van der Waals surface area contributed by atoms with Gasteiger partial charge in [-0.1, -0.05) is 36.4 Å². The van der Waals surface area contributed by atoms with E-state index in [1.807, 2.05) is 48.7 Å². The van der Waals surface area contributed by atoms with Gasteiger partial charge in [0.2, 0.25) is 0 Å².